The SMILES string of the molecule is CCC(N)C(SCC1CCCC1)c1cccc(Cl)c1. The molecule has 2 atom stereocenters. The fourth-order valence-corrected chi connectivity index (χ4v) is 4.57. The summed E-state index contributed by atoms with van der Waals surface area (Å²) in [7, 11) is 0. The van der Waals surface area contributed by atoms with Crippen LogP contribution in [0.1, 0.15) is 49.8 Å². The van der Waals surface area contributed by atoms with Crippen LogP contribution in [0.2, 0.25) is 5.02 Å². The van der Waals surface area contributed by atoms with Crippen molar-refractivity contribution in [2.75, 3.05) is 5.75 Å². The van der Waals surface area contributed by atoms with Crippen LogP contribution in [0, 0.1) is 5.92 Å². The summed E-state index contributed by atoms with van der Waals surface area (Å²) < 4.78 is 0. The first kappa shape index (κ1) is 15.2. The Morgan fingerprint density at radius 1 is 1.37 bits per heavy atom. The van der Waals surface area contributed by atoms with E-state index in [0.29, 0.717) is 5.25 Å². The average Bonchev–Trinajstić information content (AvgIpc) is 2.92. The highest BCUT2D eigenvalue weighted by Gasteiger charge is 2.22. The molecule has 1 aliphatic carbocycles. The van der Waals surface area contributed by atoms with Crippen LogP contribution in [0.15, 0.2) is 24.3 Å². The molecule has 0 bridgehead atoms. The topological polar surface area (TPSA) is 26.0 Å². The maximum Gasteiger partial charge on any atom is 0.0448 e. The van der Waals surface area contributed by atoms with E-state index in [1.165, 1.54) is 37.0 Å². The normalized spacial score (nSPS) is 19.5. The van der Waals surface area contributed by atoms with Gasteiger partial charge in [0, 0.05) is 16.3 Å². The van der Waals surface area contributed by atoms with Gasteiger partial charge in [0.05, 0.1) is 0 Å². The van der Waals surface area contributed by atoms with Crippen LogP contribution in [-0.2, 0) is 0 Å². The second kappa shape index (κ2) is 7.56. The lowest BCUT2D eigenvalue weighted by Crippen LogP contribution is -2.26. The zero-order valence-corrected chi connectivity index (χ0v) is 13.2. The van der Waals surface area contributed by atoms with Gasteiger partial charge in [-0.1, -0.05) is 43.5 Å². The van der Waals surface area contributed by atoms with Crippen LogP contribution in [-0.4, -0.2) is 11.8 Å². The highest BCUT2D eigenvalue weighted by molar-refractivity contribution is 7.99. The Bertz CT molecular complexity index is 390. The molecule has 0 radical (unpaired) electrons. The second-order valence-corrected chi connectivity index (χ2v) is 7.14. The molecule has 1 nitrogen and oxygen atoms in total. The molecule has 3 heteroatoms. The van der Waals surface area contributed by atoms with Crippen molar-refractivity contribution < 1.29 is 0 Å². The number of thioether (sulfide) groups is 1. The van der Waals surface area contributed by atoms with Gasteiger partial charge < -0.3 is 5.73 Å². The first-order valence-electron chi connectivity index (χ1n) is 7.33. The molecule has 19 heavy (non-hydrogen) atoms. The zero-order chi connectivity index (χ0) is 13.7. The Hall–Kier alpha value is -0.180. The fourth-order valence-electron chi connectivity index (χ4n) is 2.78. The van der Waals surface area contributed by atoms with Crippen molar-refractivity contribution in [3.8, 4) is 0 Å². The van der Waals surface area contributed by atoms with Gasteiger partial charge in [0.15, 0.2) is 0 Å². The quantitative estimate of drug-likeness (QED) is 0.796. The number of hydrogen-bond acceptors (Lipinski definition) is 2. The summed E-state index contributed by atoms with van der Waals surface area (Å²) in [5, 5.41) is 1.19. The van der Waals surface area contributed by atoms with E-state index in [4.69, 9.17) is 17.3 Å². The Kier molecular flexibility index (Phi) is 6.06. The molecule has 1 aromatic carbocycles. The van der Waals surface area contributed by atoms with Crippen molar-refractivity contribution >= 4 is 23.4 Å². The predicted octanol–water partition coefficient (Wildman–Crippen LogP) is 5.04. The van der Waals surface area contributed by atoms with E-state index in [-0.39, 0.29) is 6.04 Å². The van der Waals surface area contributed by atoms with E-state index in [1.54, 1.807) is 0 Å². The van der Waals surface area contributed by atoms with Gasteiger partial charge in [0.1, 0.15) is 0 Å². The lowest BCUT2D eigenvalue weighted by Gasteiger charge is -2.24. The molecule has 0 spiro atoms. The highest BCUT2D eigenvalue weighted by atomic mass is 35.5. The van der Waals surface area contributed by atoms with E-state index in [0.717, 1.165) is 17.4 Å². The van der Waals surface area contributed by atoms with Crippen molar-refractivity contribution in [3.05, 3.63) is 34.9 Å². The molecular formula is C16H24ClNS. The van der Waals surface area contributed by atoms with Crippen molar-refractivity contribution in [1.29, 1.82) is 0 Å². The molecule has 0 heterocycles. The van der Waals surface area contributed by atoms with Crippen molar-refractivity contribution in [2.45, 2.75) is 50.3 Å². The molecule has 1 aromatic rings. The Balaban J connectivity index is 2.02. The minimum Gasteiger partial charge on any atom is -0.326 e. The first-order valence-corrected chi connectivity index (χ1v) is 8.76. The third kappa shape index (κ3) is 4.40. The summed E-state index contributed by atoms with van der Waals surface area (Å²) in [5.41, 5.74) is 7.60. The maximum atomic E-state index is 6.32. The van der Waals surface area contributed by atoms with E-state index >= 15 is 0 Å². The number of hydrogen-bond donors (Lipinski definition) is 1. The average molecular weight is 298 g/mol. The summed E-state index contributed by atoms with van der Waals surface area (Å²) in [6.07, 6.45) is 6.63. The first-order chi connectivity index (χ1) is 9.20. The Morgan fingerprint density at radius 3 is 2.74 bits per heavy atom. The van der Waals surface area contributed by atoms with Gasteiger partial charge in [-0.2, -0.15) is 11.8 Å². The molecule has 1 fully saturated rings. The Labute approximate surface area is 126 Å². The van der Waals surface area contributed by atoms with Crippen LogP contribution in [0.3, 0.4) is 0 Å². The highest BCUT2D eigenvalue weighted by Crippen LogP contribution is 2.38. The molecule has 2 N–H and O–H groups in total. The molecular weight excluding hydrogens is 274 g/mol. The minimum atomic E-state index is 0.213. The molecule has 2 rings (SSSR count). The van der Waals surface area contributed by atoms with Crippen LogP contribution >= 0.6 is 23.4 Å². The Morgan fingerprint density at radius 2 is 2.11 bits per heavy atom. The van der Waals surface area contributed by atoms with Gasteiger partial charge in [-0.15, -0.1) is 0 Å². The summed E-state index contributed by atoms with van der Waals surface area (Å²) >= 11 is 8.14. The van der Waals surface area contributed by atoms with Crippen molar-refractivity contribution in [3.63, 3.8) is 0 Å². The van der Waals surface area contributed by atoms with Crippen molar-refractivity contribution in [1.82, 2.24) is 0 Å². The van der Waals surface area contributed by atoms with Gasteiger partial charge in [-0.3, -0.25) is 0 Å². The maximum absolute atomic E-state index is 6.32. The summed E-state index contributed by atoms with van der Waals surface area (Å²) in [4.78, 5) is 0. The van der Waals surface area contributed by atoms with Crippen LogP contribution in [0.25, 0.3) is 0 Å². The summed E-state index contributed by atoms with van der Waals surface area (Å²) in [5.74, 6) is 2.14. The monoisotopic (exact) mass is 297 g/mol. The minimum absolute atomic E-state index is 0.213. The van der Waals surface area contributed by atoms with Crippen LogP contribution < -0.4 is 5.73 Å². The molecule has 106 valence electrons. The second-order valence-electron chi connectivity index (χ2n) is 5.53. The van der Waals surface area contributed by atoms with Crippen LogP contribution in [0.4, 0.5) is 0 Å². The third-order valence-electron chi connectivity index (χ3n) is 4.02. The third-order valence-corrected chi connectivity index (χ3v) is 5.90. The van der Waals surface area contributed by atoms with E-state index in [1.807, 2.05) is 23.9 Å². The van der Waals surface area contributed by atoms with Gasteiger partial charge in [0.25, 0.3) is 0 Å². The molecule has 0 amide bonds. The number of rotatable bonds is 6. The van der Waals surface area contributed by atoms with E-state index in [9.17, 15) is 0 Å². The number of halogens is 1. The molecule has 1 aliphatic rings. The van der Waals surface area contributed by atoms with Gasteiger partial charge in [0.2, 0.25) is 0 Å². The van der Waals surface area contributed by atoms with Crippen molar-refractivity contribution in [2.24, 2.45) is 11.7 Å². The van der Waals surface area contributed by atoms with E-state index < -0.39 is 0 Å². The van der Waals surface area contributed by atoms with E-state index in [2.05, 4.69) is 19.1 Å². The zero-order valence-electron chi connectivity index (χ0n) is 11.6. The molecule has 1 saturated carbocycles. The largest absolute Gasteiger partial charge is 0.326 e. The molecule has 0 saturated heterocycles. The summed E-state index contributed by atoms with van der Waals surface area (Å²) in [6, 6.07) is 8.41. The predicted molar refractivity (Wildman–Crippen MR) is 86.9 cm³/mol. The molecule has 0 aromatic heterocycles. The summed E-state index contributed by atoms with van der Waals surface area (Å²) in [6.45, 7) is 2.17. The van der Waals surface area contributed by atoms with Gasteiger partial charge >= 0.3 is 0 Å². The lowest BCUT2D eigenvalue weighted by atomic mass is 10.0. The lowest BCUT2D eigenvalue weighted by molar-refractivity contribution is 0.607. The standard InChI is InChI=1S/C16H24ClNS/c1-2-15(18)16(13-8-5-9-14(17)10-13)19-11-12-6-3-4-7-12/h5,8-10,12,15-16H,2-4,6-7,11,18H2,1H3. The van der Waals surface area contributed by atoms with Crippen LogP contribution in [0.5, 0.6) is 0 Å². The number of benzene rings is 1. The van der Waals surface area contributed by atoms with Gasteiger partial charge in [-0.05, 0) is 48.6 Å². The van der Waals surface area contributed by atoms with Gasteiger partial charge in [-0.25, -0.2) is 0 Å². The molecule has 0 aliphatic heterocycles. The molecule has 2 unspecified atom stereocenters. The fraction of sp³-hybridized carbons (Fsp3) is 0.625. The smallest absolute Gasteiger partial charge is 0.0448 e. The number of nitrogens with two attached hydrogens (primary N) is 1.